The van der Waals surface area contributed by atoms with Gasteiger partial charge in [-0.3, -0.25) is 9.36 Å². The van der Waals surface area contributed by atoms with Gasteiger partial charge in [-0.1, -0.05) is 77.6 Å². The molecule has 33 heavy (non-hydrogen) atoms. The fraction of sp³-hybridized carbons (Fsp3) is 0.958. The van der Waals surface area contributed by atoms with Gasteiger partial charge in [-0.15, -0.1) is 0 Å². The number of phosphoric acid groups is 1. The van der Waals surface area contributed by atoms with E-state index in [1.165, 1.54) is 71.1 Å². The van der Waals surface area contributed by atoms with Gasteiger partial charge < -0.3 is 27.9 Å². The van der Waals surface area contributed by atoms with Crippen molar-refractivity contribution in [3.8, 4) is 0 Å². The summed E-state index contributed by atoms with van der Waals surface area (Å²) < 4.78 is 32.9. The Morgan fingerprint density at radius 3 is 1.82 bits per heavy atom. The lowest BCUT2D eigenvalue weighted by Gasteiger charge is -2.28. The van der Waals surface area contributed by atoms with Crippen molar-refractivity contribution < 1.29 is 37.3 Å². The Balaban J connectivity index is 3.85. The minimum Gasteiger partial charge on any atom is -0.756 e. The van der Waals surface area contributed by atoms with Crippen molar-refractivity contribution in [3.05, 3.63) is 0 Å². The SMILES string of the molecule is CCCCCCCCCCCCCCOC[C@H](COP(=O)([O-])OCC[N+](C)(C)C)OC(C)=O. The van der Waals surface area contributed by atoms with Gasteiger partial charge in [0.05, 0.1) is 34.4 Å². The first kappa shape index (κ1) is 32.5. The molecule has 0 aliphatic heterocycles. The van der Waals surface area contributed by atoms with Crippen LogP contribution in [0, 0.1) is 0 Å². The van der Waals surface area contributed by atoms with E-state index in [2.05, 4.69) is 6.92 Å². The Labute approximate surface area is 202 Å². The molecule has 0 aliphatic rings. The van der Waals surface area contributed by atoms with E-state index in [4.69, 9.17) is 18.5 Å². The van der Waals surface area contributed by atoms with Gasteiger partial charge in [0.25, 0.3) is 7.82 Å². The molecule has 0 fully saturated rings. The average Bonchev–Trinajstić information content (AvgIpc) is 2.70. The summed E-state index contributed by atoms with van der Waals surface area (Å²) in [6.07, 6.45) is 14.5. The zero-order valence-electron chi connectivity index (χ0n) is 21.9. The first-order valence-electron chi connectivity index (χ1n) is 12.7. The van der Waals surface area contributed by atoms with Crippen LogP contribution >= 0.6 is 7.82 Å². The van der Waals surface area contributed by atoms with Crippen LogP contribution in [0.3, 0.4) is 0 Å². The van der Waals surface area contributed by atoms with E-state index in [-0.39, 0.29) is 19.8 Å². The average molecular weight is 496 g/mol. The van der Waals surface area contributed by atoms with Crippen LogP contribution in [0.15, 0.2) is 0 Å². The maximum absolute atomic E-state index is 11.9. The molecule has 0 heterocycles. The number of ether oxygens (including phenoxy) is 2. The number of hydrogen-bond donors (Lipinski definition) is 0. The molecule has 0 aromatic heterocycles. The van der Waals surface area contributed by atoms with E-state index in [0.717, 1.165) is 12.8 Å². The van der Waals surface area contributed by atoms with E-state index >= 15 is 0 Å². The monoisotopic (exact) mass is 495 g/mol. The zero-order valence-corrected chi connectivity index (χ0v) is 22.7. The number of likely N-dealkylation sites (N-methyl/N-ethyl adjacent to an activating group) is 1. The Morgan fingerprint density at radius 1 is 0.818 bits per heavy atom. The predicted octanol–water partition coefficient (Wildman–Crippen LogP) is 4.84. The van der Waals surface area contributed by atoms with Crippen LogP contribution in [0.4, 0.5) is 0 Å². The second kappa shape index (κ2) is 19.8. The molecular weight excluding hydrogens is 445 g/mol. The molecule has 0 aliphatic carbocycles. The first-order chi connectivity index (χ1) is 15.6. The van der Waals surface area contributed by atoms with Crippen LogP contribution in [0.5, 0.6) is 0 Å². The number of rotatable bonds is 23. The lowest BCUT2D eigenvalue weighted by molar-refractivity contribution is -0.870. The van der Waals surface area contributed by atoms with Gasteiger partial charge in [-0.25, -0.2) is 0 Å². The van der Waals surface area contributed by atoms with Gasteiger partial charge in [-0.05, 0) is 6.42 Å². The van der Waals surface area contributed by atoms with Crippen molar-refractivity contribution >= 4 is 13.8 Å². The minimum absolute atomic E-state index is 0.0258. The number of nitrogens with zero attached hydrogens (tertiary/aromatic N) is 1. The second-order valence-electron chi connectivity index (χ2n) is 9.79. The second-order valence-corrected chi connectivity index (χ2v) is 11.2. The molecule has 0 radical (unpaired) electrons. The summed E-state index contributed by atoms with van der Waals surface area (Å²) in [4.78, 5) is 23.2. The number of carbonyl (C=O) groups excluding carboxylic acids is 1. The van der Waals surface area contributed by atoms with Crippen molar-refractivity contribution in [1.82, 2.24) is 0 Å². The summed E-state index contributed by atoms with van der Waals surface area (Å²) in [5.41, 5.74) is 0. The van der Waals surface area contributed by atoms with Crippen LogP contribution < -0.4 is 4.89 Å². The Morgan fingerprint density at radius 2 is 1.33 bits per heavy atom. The minimum atomic E-state index is -4.46. The quantitative estimate of drug-likeness (QED) is 0.0866. The van der Waals surface area contributed by atoms with Crippen molar-refractivity contribution in [2.45, 2.75) is 97.0 Å². The highest BCUT2D eigenvalue weighted by Crippen LogP contribution is 2.38. The van der Waals surface area contributed by atoms with Gasteiger partial charge in [0.15, 0.2) is 0 Å². The standard InChI is InChI=1S/C24H50NO7P/c1-6-7-8-9-10-11-12-13-14-15-16-17-19-29-21-24(32-23(2)26)22-31-33(27,28)30-20-18-25(3,4)5/h24H,6-22H2,1-5H3/t24-/m1/s1. The molecule has 0 aromatic rings. The molecule has 0 spiro atoms. The van der Waals surface area contributed by atoms with Crippen molar-refractivity contribution in [2.75, 3.05) is 54.1 Å². The fourth-order valence-electron chi connectivity index (χ4n) is 3.25. The zero-order chi connectivity index (χ0) is 25.0. The number of unbranched alkanes of at least 4 members (excludes halogenated alkanes) is 11. The fourth-order valence-corrected chi connectivity index (χ4v) is 3.98. The third-order valence-corrected chi connectivity index (χ3v) is 6.17. The van der Waals surface area contributed by atoms with Crippen LogP contribution in [-0.2, 0) is 27.9 Å². The van der Waals surface area contributed by atoms with Gasteiger partial charge in [0, 0.05) is 13.5 Å². The van der Waals surface area contributed by atoms with E-state index in [0.29, 0.717) is 17.6 Å². The molecule has 0 rings (SSSR count). The molecule has 198 valence electrons. The van der Waals surface area contributed by atoms with Gasteiger partial charge in [0.1, 0.15) is 19.3 Å². The number of quaternary nitrogens is 1. The highest BCUT2D eigenvalue weighted by atomic mass is 31.2. The van der Waals surface area contributed by atoms with E-state index in [1.807, 2.05) is 21.1 Å². The van der Waals surface area contributed by atoms with Gasteiger partial charge in [0.2, 0.25) is 0 Å². The summed E-state index contributed by atoms with van der Waals surface area (Å²) in [5.74, 6) is -0.510. The van der Waals surface area contributed by atoms with Crippen LogP contribution in [-0.4, -0.2) is 70.7 Å². The molecule has 9 heteroatoms. The first-order valence-corrected chi connectivity index (χ1v) is 14.2. The largest absolute Gasteiger partial charge is 0.756 e. The van der Waals surface area contributed by atoms with E-state index < -0.39 is 19.9 Å². The normalized spacial score (nSPS) is 14.7. The van der Waals surface area contributed by atoms with Crippen molar-refractivity contribution in [2.24, 2.45) is 0 Å². The third-order valence-electron chi connectivity index (χ3n) is 5.21. The smallest absolute Gasteiger partial charge is 0.303 e. The molecule has 1 unspecified atom stereocenters. The molecule has 2 atom stereocenters. The Hall–Kier alpha value is -0.500. The molecule has 0 amide bonds. The summed E-state index contributed by atoms with van der Waals surface area (Å²) in [6.45, 7) is 4.39. The van der Waals surface area contributed by atoms with Crippen LogP contribution in [0.1, 0.15) is 90.9 Å². The number of hydrogen-bond acceptors (Lipinski definition) is 7. The molecule has 0 saturated heterocycles. The lowest BCUT2D eigenvalue weighted by atomic mass is 10.1. The molecule has 0 saturated carbocycles. The number of esters is 1. The molecule has 0 N–H and O–H groups in total. The van der Waals surface area contributed by atoms with Crippen molar-refractivity contribution in [3.63, 3.8) is 0 Å². The highest BCUT2D eigenvalue weighted by Gasteiger charge is 2.19. The maximum atomic E-state index is 11.9. The summed E-state index contributed by atoms with van der Waals surface area (Å²) in [5, 5.41) is 0. The van der Waals surface area contributed by atoms with Crippen LogP contribution in [0.25, 0.3) is 0 Å². The van der Waals surface area contributed by atoms with E-state index in [1.54, 1.807) is 0 Å². The predicted molar refractivity (Wildman–Crippen MR) is 130 cm³/mol. The van der Waals surface area contributed by atoms with Gasteiger partial charge in [-0.2, -0.15) is 0 Å². The Kier molecular flexibility index (Phi) is 19.5. The van der Waals surface area contributed by atoms with E-state index in [9.17, 15) is 14.3 Å². The summed E-state index contributed by atoms with van der Waals surface area (Å²) in [6, 6.07) is 0. The van der Waals surface area contributed by atoms with Crippen molar-refractivity contribution in [1.29, 1.82) is 0 Å². The lowest BCUT2D eigenvalue weighted by Crippen LogP contribution is -2.37. The number of carbonyl (C=O) groups is 1. The molecule has 0 aromatic carbocycles. The molecule has 0 bridgehead atoms. The topological polar surface area (TPSA) is 94.1 Å². The van der Waals surface area contributed by atoms with Crippen LogP contribution in [0.2, 0.25) is 0 Å². The Bertz CT molecular complexity index is 525. The number of phosphoric ester groups is 1. The summed E-state index contributed by atoms with van der Waals surface area (Å²) in [7, 11) is 1.35. The highest BCUT2D eigenvalue weighted by molar-refractivity contribution is 7.45. The molecular formula is C24H50NO7P. The summed E-state index contributed by atoms with van der Waals surface area (Å²) >= 11 is 0. The maximum Gasteiger partial charge on any atom is 0.303 e. The molecule has 8 nitrogen and oxygen atoms in total. The third kappa shape index (κ3) is 24.4. The van der Waals surface area contributed by atoms with Gasteiger partial charge >= 0.3 is 5.97 Å².